The molecule has 1 aliphatic rings. The molecule has 1 aromatic rings. The van der Waals surface area contributed by atoms with Crippen LogP contribution in [-0.2, 0) is 16.1 Å². The zero-order valence-corrected chi connectivity index (χ0v) is 13.8. The first-order valence-corrected chi connectivity index (χ1v) is 7.99. The number of hydrogen-bond donors (Lipinski definition) is 1. The van der Waals surface area contributed by atoms with Crippen molar-refractivity contribution in [2.45, 2.75) is 39.0 Å². The van der Waals surface area contributed by atoms with E-state index in [1.165, 1.54) is 0 Å². The van der Waals surface area contributed by atoms with Gasteiger partial charge in [-0.15, -0.1) is 0 Å². The van der Waals surface area contributed by atoms with Crippen LogP contribution in [0.15, 0.2) is 30.3 Å². The molecular formula is C17H25N3O3. The van der Waals surface area contributed by atoms with E-state index in [0.717, 1.165) is 12.0 Å². The Morgan fingerprint density at radius 1 is 1.35 bits per heavy atom. The van der Waals surface area contributed by atoms with E-state index in [9.17, 15) is 9.59 Å². The number of nitrogens with two attached hydrogens (primary N) is 1. The first-order valence-electron chi connectivity index (χ1n) is 7.99. The summed E-state index contributed by atoms with van der Waals surface area (Å²) >= 11 is 0. The maximum absolute atomic E-state index is 12.5. The highest BCUT2D eigenvalue weighted by atomic mass is 16.6. The minimum absolute atomic E-state index is 0.00680. The third kappa shape index (κ3) is 4.45. The van der Waals surface area contributed by atoms with Crippen LogP contribution in [-0.4, -0.2) is 53.5 Å². The molecule has 1 fully saturated rings. The maximum atomic E-state index is 12.5. The highest BCUT2D eigenvalue weighted by molar-refractivity contribution is 5.78. The van der Waals surface area contributed by atoms with Gasteiger partial charge in [-0.25, -0.2) is 4.79 Å². The molecule has 0 radical (unpaired) electrons. The summed E-state index contributed by atoms with van der Waals surface area (Å²) in [6.45, 7) is 5.33. The van der Waals surface area contributed by atoms with Crippen LogP contribution in [0.1, 0.15) is 25.8 Å². The molecule has 126 valence electrons. The zero-order chi connectivity index (χ0) is 16.8. The van der Waals surface area contributed by atoms with Gasteiger partial charge >= 0.3 is 6.09 Å². The third-order valence-corrected chi connectivity index (χ3v) is 4.06. The molecule has 6 heteroatoms. The Balaban J connectivity index is 1.95. The van der Waals surface area contributed by atoms with Gasteiger partial charge in [0.1, 0.15) is 6.61 Å². The first-order chi connectivity index (χ1) is 11.0. The Hall–Kier alpha value is -2.08. The van der Waals surface area contributed by atoms with E-state index in [1.807, 2.05) is 44.2 Å². The number of likely N-dealkylation sites (tertiary alicyclic amines) is 1. The van der Waals surface area contributed by atoms with Crippen LogP contribution >= 0.6 is 0 Å². The molecule has 1 aromatic carbocycles. The van der Waals surface area contributed by atoms with Crippen LogP contribution in [0, 0.1) is 0 Å². The lowest BCUT2D eigenvalue weighted by Crippen LogP contribution is -2.47. The van der Waals surface area contributed by atoms with Gasteiger partial charge in [0.25, 0.3) is 0 Å². The maximum Gasteiger partial charge on any atom is 0.410 e. The van der Waals surface area contributed by atoms with Crippen molar-refractivity contribution < 1.29 is 14.3 Å². The Bertz CT molecular complexity index is 533. The van der Waals surface area contributed by atoms with Crippen molar-refractivity contribution in [3.05, 3.63) is 35.9 Å². The summed E-state index contributed by atoms with van der Waals surface area (Å²) in [7, 11) is 0. The summed E-state index contributed by atoms with van der Waals surface area (Å²) in [5.74, 6) is -0.0751. The van der Waals surface area contributed by atoms with Gasteiger partial charge in [-0.3, -0.25) is 4.79 Å². The molecule has 2 amide bonds. The molecule has 1 unspecified atom stereocenters. The van der Waals surface area contributed by atoms with Crippen LogP contribution in [0.25, 0.3) is 0 Å². The van der Waals surface area contributed by atoms with Crippen molar-refractivity contribution in [3.8, 4) is 0 Å². The van der Waals surface area contributed by atoms with Crippen LogP contribution < -0.4 is 5.73 Å². The van der Waals surface area contributed by atoms with E-state index in [4.69, 9.17) is 10.5 Å². The molecule has 0 saturated carbocycles. The highest BCUT2D eigenvalue weighted by Crippen LogP contribution is 2.19. The van der Waals surface area contributed by atoms with Crippen LogP contribution in [0.5, 0.6) is 0 Å². The summed E-state index contributed by atoms with van der Waals surface area (Å²) in [5.41, 5.74) is 6.36. The molecule has 2 N–H and O–H groups in total. The lowest BCUT2D eigenvalue weighted by Gasteiger charge is -2.31. The molecule has 1 heterocycles. The van der Waals surface area contributed by atoms with E-state index < -0.39 is 0 Å². The van der Waals surface area contributed by atoms with Crippen LogP contribution in [0.3, 0.4) is 0 Å². The first kappa shape index (κ1) is 17.3. The fraction of sp³-hybridized carbons (Fsp3) is 0.529. The largest absolute Gasteiger partial charge is 0.445 e. The average Bonchev–Trinajstić information content (AvgIpc) is 3.02. The second-order valence-corrected chi connectivity index (χ2v) is 6.03. The second kappa shape index (κ2) is 7.97. The molecule has 0 aromatic heterocycles. The van der Waals surface area contributed by atoms with Crippen molar-refractivity contribution in [1.29, 1.82) is 0 Å². The topological polar surface area (TPSA) is 75.9 Å². The number of ether oxygens (including phenoxy) is 1. The fourth-order valence-corrected chi connectivity index (χ4v) is 2.90. The van der Waals surface area contributed by atoms with Gasteiger partial charge in [-0.2, -0.15) is 0 Å². The van der Waals surface area contributed by atoms with Crippen LogP contribution in [0.2, 0.25) is 0 Å². The minimum Gasteiger partial charge on any atom is -0.445 e. The van der Waals surface area contributed by atoms with Crippen molar-refractivity contribution in [2.75, 3.05) is 19.6 Å². The van der Waals surface area contributed by atoms with Crippen molar-refractivity contribution >= 4 is 12.0 Å². The second-order valence-electron chi connectivity index (χ2n) is 6.03. The van der Waals surface area contributed by atoms with Gasteiger partial charge in [-0.05, 0) is 25.8 Å². The number of carbonyl (C=O) groups is 2. The number of benzene rings is 1. The van der Waals surface area contributed by atoms with Crippen molar-refractivity contribution in [3.63, 3.8) is 0 Å². The summed E-state index contributed by atoms with van der Waals surface area (Å²) < 4.78 is 5.44. The predicted molar refractivity (Wildman–Crippen MR) is 87.6 cm³/mol. The molecule has 2 rings (SSSR count). The molecule has 23 heavy (non-hydrogen) atoms. The van der Waals surface area contributed by atoms with Gasteiger partial charge < -0.3 is 20.3 Å². The zero-order valence-electron chi connectivity index (χ0n) is 13.8. The Labute approximate surface area is 137 Å². The molecular weight excluding hydrogens is 294 g/mol. The lowest BCUT2D eigenvalue weighted by molar-refractivity contribution is -0.128. The Kier molecular flexibility index (Phi) is 5.98. The van der Waals surface area contributed by atoms with E-state index in [2.05, 4.69) is 0 Å². The quantitative estimate of drug-likeness (QED) is 0.894. The standard InChI is InChI=1S/C17H25N3O3/c1-13(2)20(15-8-9-19(11-15)16(21)10-18)17(22)23-12-14-6-4-3-5-7-14/h3-7,13,15H,8-12,18H2,1-2H3. The van der Waals surface area contributed by atoms with Gasteiger partial charge in [0, 0.05) is 19.1 Å². The molecule has 1 saturated heterocycles. The molecule has 1 atom stereocenters. The molecule has 0 bridgehead atoms. The number of rotatable bonds is 5. The smallest absolute Gasteiger partial charge is 0.410 e. The van der Waals surface area contributed by atoms with Gasteiger partial charge in [0.05, 0.1) is 12.6 Å². The van der Waals surface area contributed by atoms with E-state index >= 15 is 0 Å². The number of carbonyl (C=O) groups excluding carboxylic acids is 2. The van der Waals surface area contributed by atoms with E-state index in [0.29, 0.717) is 13.1 Å². The molecule has 0 aliphatic carbocycles. The molecule has 0 spiro atoms. The number of hydrogen-bond acceptors (Lipinski definition) is 4. The van der Waals surface area contributed by atoms with Crippen molar-refractivity contribution in [1.82, 2.24) is 9.80 Å². The predicted octanol–water partition coefficient (Wildman–Crippen LogP) is 1.59. The highest BCUT2D eigenvalue weighted by Gasteiger charge is 2.34. The number of amides is 2. The lowest BCUT2D eigenvalue weighted by atomic mass is 10.2. The van der Waals surface area contributed by atoms with Gasteiger partial charge in [-0.1, -0.05) is 30.3 Å². The van der Waals surface area contributed by atoms with Crippen LogP contribution in [0.4, 0.5) is 4.79 Å². The van der Waals surface area contributed by atoms with E-state index in [1.54, 1.807) is 9.80 Å². The summed E-state index contributed by atoms with van der Waals surface area (Å²) in [4.78, 5) is 27.6. The normalized spacial score (nSPS) is 17.4. The third-order valence-electron chi connectivity index (χ3n) is 4.06. The number of nitrogens with zero attached hydrogens (tertiary/aromatic N) is 2. The summed E-state index contributed by atoms with van der Waals surface area (Å²) in [6, 6.07) is 9.58. The SMILES string of the molecule is CC(C)N(C(=O)OCc1ccccc1)C1CCN(C(=O)CN)C1. The van der Waals surface area contributed by atoms with Gasteiger partial charge in [0.15, 0.2) is 0 Å². The Morgan fingerprint density at radius 3 is 2.65 bits per heavy atom. The van der Waals surface area contributed by atoms with Crippen molar-refractivity contribution in [2.24, 2.45) is 5.73 Å². The monoisotopic (exact) mass is 319 g/mol. The Morgan fingerprint density at radius 2 is 2.04 bits per heavy atom. The average molecular weight is 319 g/mol. The molecule has 1 aliphatic heterocycles. The minimum atomic E-state index is -0.337. The van der Waals surface area contributed by atoms with Gasteiger partial charge in [0.2, 0.25) is 5.91 Å². The fourth-order valence-electron chi connectivity index (χ4n) is 2.90. The summed E-state index contributed by atoms with van der Waals surface area (Å²) in [5, 5.41) is 0. The van der Waals surface area contributed by atoms with E-state index in [-0.39, 0.29) is 37.2 Å². The molecule has 6 nitrogen and oxygen atoms in total. The summed E-state index contributed by atoms with van der Waals surface area (Å²) in [6.07, 6.45) is 0.417.